The molecule has 6 heteroatoms. The second kappa shape index (κ2) is 5.13. The summed E-state index contributed by atoms with van der Waals surface area (Å²) in [5.74, 6) is 1.50. The van der Waals surface area contributed by atoms with E-state index < -0.39 is 0 Å². The molecule has 19 heavy (non-hydrogen) atoms. The number of hydrogen-bond acceptors (Lipinski definition) is 5. The van der Waals surface area contributed by atoms with Crippen molar-refractivity contribution >= 4 is 0 Å². The number of rotatable bonds is 4. The zero-order valence-corrected chi connectivity index (χ0v) is 11.4. The fraction of sp³-hybridized carbons (Fsp3) is 0.615. The van der Waals surface area contributed by atoms with Crippen LogP contribution in [0, 0.1) is 0 Å². The maximum absolute atomic E-state index is 5.16. The highest BCUT2D eigenvalue weighted by Crippen LogP contribution is 2.32. The molecule has 0 bridgehead atoms. The molecule has 0 amide bonds. The predicted octanol–water partition coefficient (Wildman–Crippen LogP) is 1.70. The van der Waals surface area contributed by atoms with E-state index in [1.165, 1.54) is 18.4 Å². The van der Waals surface area contributed by atoms with Crippen LogP contribution in [0.2, 0.25) is 0 Å². The molecule has 1 unspecified atom stereocenters. The van der Waals surface area contributed by atoms with E-state index >= 15 is 0 Å². The van der Waals surface area contributed by atoms with Gasteiger partial charge in [-0.05, 0) is 19.4 Å². The smallest absolute Gasteiger partial charge is 0.226 e. The zero-order valence-electron chi connectivity index (χ0n) is 11.4. The van der Waals surface area contributed by atoms with Crippen LogP contribution in [0.15, 0.2) is 16.9 Å². The highest BCUT2D eigenvalue weighted by molar-refractivity contribution is 5.12. The van der Waals surface area contributed by atoms with Crippen LogP contribution >= 0.6 is 0 Å². The molecule has 1 aliphatic rings. The minimum atomic E-state index is 0.428. The Morgan fingerprint density at radius 1 is 1.47 bits per heavy atom. The molecule has 3 heterocycles. The van der Waals surface area contributed by atoms with E-state index in [9.17, 15) is 0 Å². The third-order valence-electron chi connectivity index (χ3n) is 3.63. The molecule has 0 N–H and O–H groups in total. The third kappa shape index (κ3) is 2.53. The zero-order chi connectivity index (χ0) is 13.2. The van der Waals surface area contributed by atoms with E-state index in [2.05, 4.69) is 26.3 Å². The van der Waals surface area contributed by atoms with Crippen LogP contribution in [0.5, 0.6) is 0 Å². The van der Waals surface area contributed by atoms with Gasteiger partial charge in [-0.15, -0.1) is 0 Å². The van der Waals surface area contributed by atoms with Gasteiger partial charge in [0.25, 0.3) is 0 Å². The van der Waals surface area contributed by atoms with Crippen LogP contribution in [-0.4, -0.2) is 31.4 Å². The van der Waals surface area contributed by atoms with Crippen molar-refractivity contribution in [3.8, 4) is 0 Å². The number of likely N-dealkylation sites (tertiary alicyclic amines) is 1. The van der Waals surface area contributed by atoms with Gasteiger partial charge in [0, 0.05) is 31.3 Å². The molecule has 2 aromatic heterocycles. The molecule has 1 aliphatic heterocycles. The van der Waals surface area contributed by atoms with Crippen molar-refractivity contribution in [2.75, 3.05) is 6.54 Å². The quantitative estimate of drug-likeness (QED) is 0.838. The summed E-state index contributed by atoms with van der Waals surface area (Å²) < 4.78 is 7.02. The predicted molar refractivity (Wildman–Crippen MR) is 69.3 cm³/mol. The van der Waals surface area contributed by atoms with Gasteiger partial charge in [0.1, 0.15) is 0 Å². The van der Waals surface area contributed by atoms with E-state index in [1.807, 2.05) is 24.9 Å². The summed E-state index contributed by atoms with van der Waals surface area (Å²) >= 11 is 0. The minimum Gasteiger partial charge on any atom is -0.339 e. The molecule has 3 rings (SSSR count). The lowest BCUT2D eigenvalue weighted by molar-refractivity contribution is 0.238. The van der Waals surface area contributed by atoms with Crippen LogP contribution in [0.4, 0.5) is 0 Å². The Bertz CT molecular complexity index is 547. The third-order valence-corrected chi connectivity index (χ3v) is 3.63. The molecule has 1 atom stereocenters. The van der Waals surface area contributed by atoms with Gasteiger partial charge < -0.3 is 4.52 Å². The average molecular weight is 261 g/mol. The molecule has 0 radical (unpaired) electrons. The maximum Gasteiger partial charge on any atom is 0.226 e. The second-order valence-electron chi connectivity index (χ2n) is 5.03. The van der Waals surface area contributed by atoms with Crippen molar-refractivity contribution in [1.29, 1.82) is 0 Å². The lowest BCUT2D eigenvalue weighted by Gasteiger charge is -2.21. The first-order valence-corrected chi connectivity index (χ1v) is 6.80. The Labute approximate surface area is 112 Å². The standard InChI is InChI=1S/C13H19N5O/c1-3-13-15-12(16-19-13)9-18-6-4-5-11(18)10-7-14-17(2)8-10/h7-8,11H,3-6,9H2,1-2H3. The molecule has 0 aliphatic carbocycles. The maximum atomic E-state index is 5.16. The van der Waals surface area contributed by atoms with Gasteiger partial charge in [0.05, 0.1) is 12.7 Å². The van der Waals surface area contributed by atoms with Gasteiger partial charge in [-0.25, -0.2) is 0 Å². The first kappa shape index (κ1) is 12.3. The van der Waals surface area contributed by atoms with Crippen molar-refractivity contribution in [3.63, 3.8) is 0 Å². The number of hydrogen-bond donors (Lipinski definition) is 0. The van der Waals surface area contributed by atoms with E-state index in [-0.39, 0.29) is 0 Å². The van der Waals surface area contributed by atoms with Crippen molar-refractivity contribution in [2.45, 2.75) is 38.8 Å². The molecule has 2 aromatic rings. The largest absolute Gasteiger partial charge is 0.339 e. The van der Waals surface area contributed by atoms with Gasteiger partial charge in [0.15, 0.2) is 5.82 Å². The Morgan fingerprint density at radius 2 is 2.37 bits per heavy atom. The van der Waals surface area contributed by atoms with Crippen molar-refractivity contribution < 1.29 is 4.52 Å². The van der Waals surface area contributed by atoms with Gasteiger partial charge in [-0.2, -0.15) is 10.1 Å². The molecule has 1 fully saturated rings. The summed E-state index contributed by atoms with van der Waals surface area (Å²) in [4.78, 5) is 6.79. The molecular formula is C13H19N5O. The van der Waals surface area contributed by atoms with Crippen LogP contribution in [0.3, 0.4) is 0 Å². The molecule has 0 spiro atoms. The number of nitrogens with zero attached hydrogens (tertiary/aromatic N) is 5. The Hall–Kier alpha value is -1.69. The summed E-state index contributed by atoms with van der Waals surface area (Å²) in [6.45, 7) is 3.85. The van der Waals surface area contributed by atoms with E-state index in [0.717, 1.165) is 25.3 Å². The first-order valence-electron chi connectivity index (χ1n) is 6.80. The van der Waals surface area contributed by atoms with Gasteiger partial charge in [-0.3, -0.25) is 9.58 Å². The SMILES string of the molecule is CCc1nc(CN2CCCC2c2cnn(C)c2)no1. The minimum absolute atomic E-state index is 0.428. The fourth-order valence-electron chi connectivity index (χ4n) is 2.68. The average Bonchev–Trinajstić information content (AvgIpc) is 3.10. The number of aryl methyl sites for hydroxylation is 2. The first-order chi connectivity index (χ1) is 9.26. The van der Waals surface area contributed by atoms with Gasteiger partial charge >= 0.3 is 0 Å². The highest BCUT2D eigenvalue weighted by Gasteiger charge is 2.28. The fourth-order valence-corrected chi connectivity index (χ4v) is 2.68. The second-order valence-corrected chi connectivity index (χ2v) is 5.03. The molecule has 102 valence electrons. The lowest BCUT2D eigenvalue weighted by atomic mass is 10.1. The topological polar surface area (TPSA) is 60.0 Å². The molecule has 0 aromatic carbocycles. The van der Waals surface area contributed by atoms with Crippen LogP contribution < -0.4 is 0 Å². The van der Waals surface area contributed by atoms with Crippen LogP contribution in [0.25, 0.3) is 0 Å². The Morgan fingerprint density at radius 3 is 3.05 bits per heavy atom. The van der Waals surface area contributed by atoms with E-state index in [0.29, 0.717) is 11.9 Å². The summed E-state index contributed by atoms with van der Waals surface area (Å²) in [7, 11) is 1.95. The molecule has 0 saturated carbocycles. The normalized spacial score (nSPS) is 20.2. The highest BCUT2D eigenvalue weighted by atomic mass is 16.5. The monoisotopic (exact) mass is 261 g/mol. The summed E-state index contributed by atoms with van der Waals surface area (Å²) in [5, 5.41) is 8.30. The summed E-state index contributed by atoms with van der Waals surface area (Å²) in [6.07, 6.45) is 7.22. The van der Waals surface area contributed by atoms with E-state index in [4.69, 9.17) is 4.52 Å². The molecule has 6 nitrogen and oxygen atoms in total. The summed E-state index contributed by atoms with van der Waals surface area (Å²) in [5.41, 5.74) is 1.28. The summed E-state index contributed by atoms with van der Waals surface area (Å²) in [6, 6.07) is 0.428. The van der Waals surface area contributed by atoms with Crippen LogP contribution in [-0.2, 0) is 20.0 Å². The molecular weight excluding hydrogens is 242 g/mol. The Kier molecular flexibility index (Phi) is 3.33. The lowest BCUT2D eigenvalue weighted by Crippen LogP contribution is -2.23. The van der Waals surface area contributed by atoms with Gasteiger partial charge in [-0.1, -0.05) is 12.1 Å². The van der Waals surface area contributed by atoms with Crippen LogP contribution in [0.1, 0.15) is 43.1 Å². The number of aromatic nitrogens is 4. The van der Waals surface area contributed by atoms with Gasteiger partial charge in [0.2, 0.25) is 5.89 Å². The van der Waals surface area contributed by atoms with Crippen molar-refractivity contribution in [1.82, 2.24) is 24.8 Å². The molecule has 1 saturated heterocycles. The Balaban J connectivity index is 1.72. The van der Waals surface area contributed by atoms with Crippen molar-refractivity contribution in [3.05, 3.63) is 29.7 Å². The van der Waals surface area contributed by atoms with Crippen molar-refractivity contribution in [2.24, 2.45) is 7.05 Å². The van der Waals surface area contributed by atoms with E-state index in [1.54, 1.807) is 0 Å².